The first-order valence-electron chi connectivity index (χ1n) is 8.37. The summed E-state index contributed by atoms with van der Waals surface area (Å²) in [6.45, 7) is 1.43. The summed E-state index contributed by atoms with van der Waals surface area (Å²) in [6.07, 6.45) is 3.54. The Balaban J connectivity index is 1.64. The third-order valence-corrected chi connectivity index (χ3v) is 6.25. The molecule has 0 N–H and O–H groups in total. The van der Waals surface area contributed by atoms with Gasteiger partial charge in [0.1, 0.15) is 10.7 Å². The van der Waals surface area contributed by atoms with Crippen molar-refractivity contribution in [2.24, 2.45) is 7.05 Å². The Morgan fingerprint density at radius 3 is 2.54 bits per heavy atom. The summed E-state index contributed by atoms with van der Waals surface area (Å²) >= 11 is 0. The first-order valence-corrected chi connectivity index (χ1v) is 9.81. The highest BCUT2D eigenvalue weighted by molar-refractivity contribution is 7.89. The van der Waals surface area contributed by atoms with Gasteiger partial charge in [0.05, 0.1) is 12.6 Å². The minimum Gasteiger partial charge on any atom is -0.341 e. The molecule has 9 heteroatoms. The van der Waals surface area contributed by atoms with E-state index in [1.54, 1.807) is 24.1 Å². The number of sulfonamides is 1. The van der Waals surface area contributed by atoms with Crippen LogP contribution >= 0.6 is 0 Å². The lowest BCUT2D eigenvalue weighted by molar-refractivity contribution is -0.130. The van der Waals surface area contributed by atoms with Crippen LogP contribution < -0.4 is 0 Å². The van der Waals surface area contributed by atoms with Crippen molar-refractivity contribution >= 4 is 15.9 Å². The fourth-order valence-corrected chi connectivity index (χ4v) is 4.41. The molecule has 0 bridgehead atoms. The minimum atomic E-state index is -3.61. The van der Waals surface area contributed by atoms with Crippen LogP contribution in [0.1, 0.15) is 12.0 Å². The Morgan fingerprint density at radius 2 is 1.88 bits per heavy atom. The maximum absolute atomic E-state index is 13.0. The third-order valence-electron chi connectivity index (χ3n) is 4.40. The Hall–Kier alpha value is -2.26. The van der Waals surface area contributed by atoms with Gasteiger partial charge in [0, 0.05) is 39.4 Å². The molecular weight excluding hydrogens is 359 g/mol. The molecule has 1 aliphatic heterocycles. The predicted molar refractivity (Wildman–Crippen MR) is 93.3 cm³/mol. The zero-order valence-electron chi connectivity index (χ0n) is 14.5. The normalized spacial score (nSPS) is 16.5. The monoisotopic (exact) mass is 380 g/mol. The SMILES string of the molecule is Cn1cc(S(=O)(=O)N2CCCN(C(=O)Cc3ccc(F)cc3)CC2)cn1. The lowest BCUT2D eigenvalue weighted by Crippen LogP contribution is -2.37. The number of halogens is 1. The van der Waals surface area contributed by atoms with Crippen molar-refractivity contribution in [3.63, 3.8) is 0 Å². The first-order chi connectivity index (χ1) is 12.4. The molecule has 1 fully saturated rings. The molecule has 1 saturated heterocycles. The molecular formula is C17H21FN4O3S. The van der Waals surface area contributed by atoms with Gasteiger partial charge in [-0.15, -0.1) is 0 Å². The van der Waals surface area contributed by atoms with Crippen molar-refractivity contribution in [2.45, 2.75) is 17.7 Å². The number of amides is 1. The van der Waals surface area contributed by atoms with Crippen LogP contribution in [0.25, 0.3) is 0 Å². The number of hydrogen-bond acceptors (Lipinski definition) is 4. The summed E-state index contributed by atoms with van der Waals surface area (Å²) in [5.41, 5.74) is 0.737. The topological polar surface area (TPSA) is 75.5 Å². The van der Waals surface area contributed by atoms with Crippen molar-refractivity contribution in [1.82, 2.24) is 19.0 Å². The minimum absolute atomic E-state index is 0.0859. The third kappa shape index (κ3) is 4.10. The summed E-state index contributed by atoms with van der Waals surface area (Å²) in [6, 6.07) is 5.83. The fraction of sp³-hybridized carbons (Fsp3) is 0.412. The quantitative estimate of drug-likeness (QED) is 0.794. The van der Waals surface area contributed by atoms with E-state index in [1.165, 1.54) is 33.5 Å². The number of aromatic nitrogens is 2. The molecule has 0 saturated carbocycles. The van der Waals surface area contributed by atoms with Crippen molar-refractivity contribution in [3.05, 3.63) is 48.0 Å². The number of carbonyl (C=O) groups is 1. The van der Waals surface area contributed by atoms with Gasteiger partial charge in [-0.1, -0.05) is 12.1 Å². The molecule has 1 aliphatic rings. The van der Waals surface area contributed by atoms with E-state index in [2.05, 4.69) is 5.10 Å². The molecule has 0 atom stereocenters. The number of rotatable bonds is 4. The zero-order chi connectivity index (χ0) is 18.7. The number of aryl methyl sites for hydroxylation is 1. The summed E-state index contributed by atoms with van der Waals surface area (Å²) in [5, 5.41) is 3.92. The molecule has 26 heavy (non-hydrogen) atoms. The lowest BCUT2D eigenvalue weighted by atomic mass is 10.1. The molecule has 0 spiro atoms. The van der Waals surface area contributed by atoms with Gasteiger partial charge in [0.15, 0.2) is 0 Å². The summed E-state index contributed by atoms with van der Waals surface area (Å²) in [5.74, 6) is -0.426. The lowest BCUT2D eigenvalue weighted by Gasteiger charge is -2.21. The Kier molecular flexibility index (Phi) is 5.38. The van der Waals surface area contributed by atoms with Crippen LogP contribution in [0.4, 0.5) is 4.39 Å². The van der Waals surface area contributed by atoms with E-state index in [0.29, 0.717) is 26.1 Å². The molecule has 1 aromatic carbocycles. The highest BCUT2D eigenvalue weighted by Gasteiger charge is 2.29. The van der Waals surface area contributed by atoms with Gasteiger partial charge >= 0.3 is 0 Å². The highest BCUT2D eigenvalue weighted by atomic mass is 32.2. The van der Waals surface area contributed by atoms with Gasteiger partial charge in [0.25, 0.3) is 0 Å². The van der Waals surface area contributed by atoms with Crippen molar-refractivity contribution in [3.8, 4) is 0 Å². The van der Waals surface area contributed by atoms with Gasteiger partial charge in [0.2, 0.25) is 15.9 Å². The molecule has 0 radical (unpaired) electrons. The average molecular weight is 380 g/mol. The Bertz CT molecular complexity index is 880. The van der Waals surface area contributed by atoms with Crippen molar-refractivity contribution in [1.29, 1.82) is 0 Å². The van der Waals surface area contributed by atoms with Crippen LogP contribution in [0, 0.1) is 5.82 Å². The maximum Gasteiger partial charge on any atom is 0.246 e. The second-order valence-corrected chi connectivity index (χ2v) is 8.23. The van der Waals surface area contributed by atoms with E-state index in [1.807, 2.05) is 0 Å². The van der Waals surface area contributed by atoms with Gasteiger partial charge < -0.3 is 4.90 Å². The van der Waals surface area contributed by atoms with Crippen LogP contribution in [0.15, 0.2) is 41.6 Å². The molecule has 0 unspecified atom stereocenters. The first kappa shape index (κ1) is 18.5. The molecule has 2 heterocycles. The molecule has 3 rings (SSSR count). The van der Waals surface area contributed by atoms with Crippen LogP contribution in [0.5, 0.6) is 0 Å². The number of nitrogens with zero attached hydrogens (tertiary/aromatic N) is 4. The Labute approximate surface area is 152 Å². The van der Waals surface area contributed by atoms with Gasteiger partial charge in [-0.2, -0.15) is 9.40 Å². The van der Waals surface area contributed by atoms with E-state index in [4.69, 9.17) is 0 Å². The maximum atomic E-state index is 13.0. The smallest absolute Gasteiger partial charge is 0.246 e. The fourth-order valence-electron chi connectivity index (χ4n) is 2.95. The molecule has 1 aromatic heterocycles. The largest absolute Gasteiger partial charge is 0.341 e. The van der Waals surface area contributed by atoms with Gasteiger partial charge in [-0.25, -0.2) is 12.8 Å². The van der Waals surface area contributed by atoms with Crippen molar-refractivity contribution < 1.29 is 17.6 Å². The van der Waals surface area contributed by atoms with E-state index in [0.717, 1.165) is 5.56 Å². The molecule has 0 aliphatic carbocycles. The zero-order valence-corrected chi connectivity index (χ0v) is 15.3. The van der Waals surface area contributed by atoms with Crippen LogP contribution in [-0.4, -0.2) is 59.5 Å². The second-order valence-electron chi connectivity index (χ2n) is 6.29. The predicted octanol–water partition coefficient (Wildman–Crippen LogP) is 1.02. The standard InChI is InChI=1S/C17H21FN4O3S/c1-20-13-16(12-19-20)26(24,25)22-8-2-7-21(9-10-22)17(23)11-14-3-5-15(18)6-4-14/h3-6,12-13H,2,7-11H2,1H3. The second kappa shape index (κ2) is 7.55. The Morgan fingerprint density at radius 1 is 1.15 bits per heavy atom. The van der Waals surface area contributed by atoms with Crippen LogP contribution in [-0.2, 0) is 28.3 Å². The number of benzene rings is 1. The van der Waals surface area contributed by atoms with Crippen LogP contribution in [0.3, 0.4) is 0 Å². The summed E-state index contributed by atoms with van der Waals surface area (Å²) in [4.78, 5) is 14.3. The van der Waals surface area contributed by atoms with Crippen LogP contribution in [0.2, 0.25) is 0 Å². The van der Waals surface area contributed by atoms with Crippen molar-refractivity contribution in [2.75, 3.05) is 26.2 Å². The number of hydrogen-bond donors (Lipinski definition) is 0. The molecule has 2 aromatic rings. The highest BCUT2D eigenvalue weighted by Crippen LogP contribution is 2.17. The van der Waals surface area contributed by atoms with E-state index >= 15 is 0 Å². The molecule has 1 amide bonds. The molecule has 7 nitrogen and oxygen atoms in total. The summed E-state index contributed by atoms with van der Waals surface area (Å²) < 4.78 is 41.2. The van der Waals surface area contributed by atoms with E-state index < -0.39 is 10.0 Å². The summed E-state index contributed by atoms with van der Waals surface area (Å²) in [7, 11) is -1.94. The van der Waals surface area contributed by atoms with E-state index in [-0.39, 0.29) is 29.6 Å². The van der Waals surface area contributed by atoms with Gasteiger partial charge in [-0.3, -0.25) is 9.48 Å². The van der Waals surface area contributed by atoms with Gasteiger partial charge in [-0.05, 0) is 24.1 Å². The molecule has 140 valence electrons. The average Bonchev–Trinajstić information content (AvgIpc) is 2.90. The number of carbonyl (C=O) groups excluding carboxylic acids is 1. The van der Waals surface area contributed by atoms with E-state index in [9.17, 15) is 17.6 Å².